The lowest BCUT2D eigenvalue weighted by atomic mass is 10.1. The van der Waals surface area contributed by atoms with Crippen LogP contribution in [0.3, 0.4) is 0 Å². The molecule has 2 nitrogen and oxygen atoms in total. The molecule has 0 radical (unpaired) electrons. The molecule has 1 aromatic heterocycles. The number of nitrogens with zero attached hydrogens (tertiary/aromatic N) is 1. The highest BCUT2D eigenvalue weighted by Gasteiger charge is 2.21. The van der Waals surface area contributed by atoms with E-state index in [9.17, 15) is 0 Å². The van der Waals surface area contributed by atoms with E-state index in [1.807, 2.05) is 11.3 Å². The van der Waals surface area contributed by atoms with E-state index < -0.39 is 0 Å². The smallest absolute Gasteiger partial charge is 0.0642 e. The van der Waals surface area contributed by atoms with Gasteiger partial charge in [0.15, 0.2) is 0 Å². The van der Waals surface area contributed by atoms with Gasteiger partial charge in [-0.15, -0.1) is 11.3 Å². The largest absolute Gasteiger partial charge is 0.378 e. The van der Waals surface area contributed by atoms with Crippen LogP contribution in [0, 0.1) is 0 Å². The SMILES string of the molecule is Brc1cccc(-c2sc3ccccc3c2N2CCOCC2)c1. The Bertz CT molecular complexity index is 808. The number of benzene rings is 2. The molecule has 1 fully saturated rings. The highest BCUT2D eigenvalue weighted by atomic mass is 79.9. The molecule has 22 heavy (non-hydrogen) atoms. The third-order valence-corrected chi connectivity index (χ3v) is 5.69. The van der Waals surface area contributed by atoms with E-state index in [0.29, 0.717) is 0 Å². The van der Waals surface area contributed by atoms with Crippen LogP contribution in [-0.4, -0.2) is 26.3 Å². The van der Waals surface area contributed by atoms with Gasteiger partial charge in [-0.05, 0) is 23.8 Å². The molecule has 0 N–H and O–H groups in total. The standard InChI is InChI=1S/C18H16BrNOS/c19-14-5-3-4-13(12-14)18-17(20-8-10-21-11-9-20)15-6-1-2-7-16(15)22-18/h1-7,12H,8-11H2. The van der Waals surface area contributed by atoms with E-state index in [4.69, 9.17) is 4.74 Å². The van der Waals surface area contributed by atoms with Gasteiger partial charge in [-0.2, -0.15) is 0 Å². The normalized spacial score (nSPS) is 15.4. The molecule has 3 aromatic rings. The van der Waals surface area contributed by atoms with Gasteiger partial charge in [-0.25, -0.2) is 0 Å². The lowest BCUT2D eigenvalue weighted by Gasteiger charge is -2.29. The number of anilines is 1. The van der Waals surface area contributed by atoms with Crippen LogP contribution in [0.4, 0.5) is 5.69 Å². The number of morpholine rings is 1. The molecule has 0 spiro atoms. The summed E-state index contributed by atoms with van der Waals surface area (Å²) in [5.74, 6) is 0. The summed E-state index contributed by atoms with van der Waals surface area (Å²) >= 11 is 5.47. The lowest BCUT2D eigenvalue weighted by Crippen LogP contribution is -2.36. The minimum atomic E-state index is 0.808. The van der Waals surface area contributed by atoms with Crippen molar-refractivity contribution in [2.75, 3.05) is 31.2 Å². The van der Waals surface area contributed by atoms with Crippen molar-refractivity contribution in [3.05, 3.63) is 53.0 Å². The van der Waals surface area contributed by atoms with Crippen LogP contribution in [-0.2, 0) is 4.74 Å². The first kappa shape index (κ1) is 14.2. The van der Waals surface area contributed by atoms with E-state index in [1.165, 1.54) is 26.2 Å². The Morgan fingerprint density at radius 2 is 1.82 bits per heavy atom. The van der Waals surface area contributed by atoms with Crippen LogP contribution in [0.1, 0.15) is 0 Å². The fourth-order valence-electron chi connectivity index (χ4n) is 2.96. The highest BCUT2D eigenvalue weighted by Crippen LogP contribution is 2.45. The van der Waals surface area contributed by atoms with Crippen LogP contribution in [0.5, 0.6) is 0 Å². The summed E-state index contributed by atoms with van der Waals surface area (Å²) in [6.45, 7) is 3.54. The summed E-state index contributed by atoms with van der Waals surface area (Å²) in [5, 5.41) is 1.35. The number of rotatable bonds is 2. The maximum Gasteiger partial charge on any atom is 0.0642 e. The van der Waals surface area contributed by atoms with Gasteiger partial charge in [0.2, 0.25) is 0 Å². The topological polar surface area (TPSA) is 12.5 Å². The highest BCUT2D eigenvalue weighted by molar-refractivity contribution is 9.10. The maximum absolute atomic E-state index is 5.53. The van der Waals surface area contributed by atoms with Crippen molar-refractivity contribution in [1.82, 2.24) is 0 Å². The van der Waals surface area contributed by atoms with Gasteiger partial charge in [0.1, 0.15) is 0 Å². The third-order valence-electron chi connectivity index (χ3n) is 3.98. The van der Waals surface area contributed by atoms with Crippen LogP contribution in [0.2, 0.25) is 0 Å². The number of thiophene rings is 1. The fourth-order valence-corrected chi connectivity index (χ4v) is 4.58. The summed E-state index contributed by atoms with van der Waals surface area (Å²) in [4.78, 5) is 3.82. The van der Waals surface area contributed by atoms with E-state index in [2.05, 4.69) is 69.4 Å². The van der Waals surface area contributed by atoms with Crippen molar-refractivity contribution in [3.8, 4) is 10.4 Å². The quantitative estimate of drug-likeness (QED) is 0.614. The van der Waals surface area contributed by atoms with Crippen molar-refractivity contribution in [2.45, 2.75) is 0 Å². The number of fused-ring (bicyclic) bond motifs is 1. The minimum absolute atomic E-state index is 0.808. The molecule has 1 saturated heterocycles. The molecule has 4 rings (SSSR count). The molecule has 112 valence electrons. The molecule has 0 bridgehead atoms. The fraction of sp³-hybridized carbons (Fsp3) is 0.222. The van der Waals surface area contributed by atoms with Gasteiger partial charge in [0.05, 0.1) is 23.8 Å². The number of hydrogen-bond donors (Lipinski definition) is 0. The zero-order chi connectivity index (χ0) is 14.9. The zero-order valence-electron chi connectivity index (χ0n) is 12.1. The Kier molecular flexibility index (Phi) is 3.90. The van der Waals surface area contributed by atoms with E-state index in [1.54, 1.807) is 0 Å². The Labute approximate surface area is 142 Å². The number of halogens is 1. The number of hydrogen-bond acceptors (Lipinski definition) is 3. The molecule has 2 aromatic carbocycles. The molecule has 0 saturated carbocycles. The second-order valence-corrected chi connectivity index (χ2v) is 7.35. The summed E-state index contributed by atoms with van der Waals surface area (Å²) < 4.78 is 8.00. The van der Waals surface area contributed by atoms with E-state index in [0.717, 1.165) is 30.8 Å². The summed E-state index contributed by atoms with van der Waals surface area (Å²) in [5.41, 5.74) is 2.64. The van der Waals surface area contributed by atoms with Gasteiger partial charge < -0.3 is 9.64 Å². The van der Waals surface area contributed by atoms with Crippen molar-refractivity contribution >= 4 is 43.0 Å². The van der Waals surface area contributed by atoms with Crippen LogP contribution < -0.4 is 4.90 Å². The van der Waals surface area contributed by atoms with Crippen molar-refractivity contribution in [1.29, 1.82) is 0 Å². The molecular weight excluding hydrogens is 358 g/mol. The molecule has 2 heterocycles. The monoisotopic (exact) mass is 373 g/mol. The predicted molar refractivity (Wildman–Crippen MR) is 98.0 cm³/mol. The van der Waals surface area contributed by atoms with Crippen LogP contribution in [0.25, 0.3) is 20.5 Å². The molecule has 0 amide bonds. The second-order valence-electron chi connectivity index (χ2n) is 5.39. The molecule has 4 heteroatoms. The Morgan fingerprint density at radius 1 is 1.00 bits per heavy atom. The maximum atomic E-state index is 5.53. The van der Waals surface area contributed by atoms with E-state index in [-0.39, 0.29) is 0 Å². The third kappa shape index (κ3) is 2.56. The Hall–Kier alpha value is -1.36. The van der Waals surface area contributed by atoms with Gasteiger partial charge in [0.25, 0.3) is 0 Å². The molecule has 0 unspecified atom stereocenters. The lowest BCUT2D eigenvalue weighted by molar-refractivity contribution is 0.123. The summed E-state index contributed by atoms with van der Waals surface area (Å²) in [7, 11) is 0. The van der Waals surface area contributed by atoms with Crippen molar-refractivity contribution in [2.24, 2.45) is 0 Å². The van der Waals surface area contributed by atoms with Crippen molar-refractivity contribution < 1.29 is 4.74 Å². The Balaban J connectivity index is 1.93. The van der Waals surface area contributed by atoms with Crippen LogP contribution >= 0.6 is 27.3 Å². The van der Waals surface area contributed by atoms with Gasteiger partial charge in [-0.3, -0.25) is 0 Å². The minimum Gasteiger partial charge on any atom is -0.378 e. The first-order valence-corrected chi connectivity index (χ1v) is 9.04. The summed E-state index contributed by atoms with van der Waals surface area (Å²) in [6, 6.07) is 17.3. The predicted octanol–water partition coefficient (Wildman–Crippen LogP) is 5.17. The van der Waals surface area contributed by atoms with Gasteiger partial charge in [-0.1, -0.05) is 46.3 Å². The molecule has 0 atom stereocenters. The zero-order valence-corrected chi connectivity index (χ0v) is 14.5. The van der Waals surface area contributed by atoms with Crippen molar-refractivity contribution in [3.63, 3.8) is 0 Å². The molecular formula is C18H16BrNOS. The van der Waals surface area contributed by atoms with Gasteiger partial charge in [0, 0.05) is 27.6 Å². The molecule has 0 aliphatic carbocycles. The van der Waals surface area contributed by atoms with Gasteiger partial charge >= 0.3 is 0 Å². The second kappa shape index (κ2) is 6.03. The number of ether oxygens (including phenoxy) is 1. The average molecular weight is 374 g/mol. The first-order valence-electron chi connectivity index (χ1n) is 7.43. The molecule has 1 aliphatic heterocycles. The van der Waals surface area contributed by atoms with Crippen LogP contribution in [0.15, 0.2) is 53.0 Å². The average Bonchev–Trinajstić information content (AvgIpc) is 2.95. The summed E-state index contributed by atoms with van der Waals surface area (Å²) in [6.07, 6.45) is 0. The molecule has 1 aliphatic rings. The Morgan fingerprint density at radius 3 is 2.64 bits per heavy atom. The first-order chi connectivity index (χ1) is 10.8. The van der Waals surface area contributed by atoms with E-state index >= 15 is 0 Å².